The lowest BCUT2D eigenvalue weighted by atomic mass is 10.3. The summed E-state index contributed by atoms with van der Waals surface area (Å²) in [5, 5.41) is 17.2. The van der Waals surface area contributed by atoms with E-state index in [1.165, 1.54) is 0 Å². The highest BCUT2D eigenvalue weighted by molar-refractivity contribution is 5.87. The maximum absolute atomic E-state index is 11.4. The summed E-state index contributed by atoms with van der Waals surface area (Å²) >= 11 is 0. The highest BCUT2D eigenvalue weighted by Gasteiger charge is 2.21. The summed E-state index contributed by atoms with van der Waals surface area (Å²) in [4.78, 5) is 13.3. The van der Waals surface area contributed by atoms with Gasteiger partial charge < -0.3 is 14.7 Å². The molecule has 92 valence electrons. The zero-order chi connectivity index (χ0) is 12.3. The molecule has 1 atom stereocenters. The van der Waals surface area contributed by atoms with Crippen LogP contribution in [0.3, 0.4) is 0 Å². The number of carbonyl (C=O) groups excluding carboxylic acids is 1. The number of ether oxygens (including phenoxy) is 1. The van der Waals surface area contributed by atoms with Crippen molar-refractivity contribution in [2.24, 2.45) is 0 Å². The first kappa shape index (κ1) is 11.8. The van der Waals surface area contributed by atoms with Crippen molar-refractivity contribution in [2.45, 2.75) is 19.4 Å². The average molecular weight is 237 g/mol. The van der Waals surface area contributed by atoms with E-state index in [0.717, 1.165) is 13.0 Å². The van der Waals surface area contributed by atoms with Gasteiger partial charge in [0.1, 0.15) is 0 Å². The topological polar surface area (TPSA) is 75.5 Å². The van der Waals surface area contributed by atoms with Gasteiger partial charge in [0, 0.05) is 13.1 Å². The molecule has 1 aromatic heterocycles. The number of nitrogens with zero attached hydrogens (tertiary/aromatic N) is 3. The van der Waals surface area contributed by atoms with Crippen LogP contribution in [0.5, 0.6) is 0 Å². The van der Waals surface area contributed by atoms with Crippen molar-refractivity contribution in [2.75, 3.05) is 24.6 Å². The number of anilines is 1. The van der Waals surface area contributed by atoms with Crippen molar-refractivity contribution in [3.05, 3.63) is 17.8 Å². The molecule has 0 spiro atoms. The van der Waals surface area contributed by atoms with Gasteiger partial charge in [-0.3, -0.25) is 0 Å². The summed E-state index contributed by atoms with van der Waals surface area (Å²) in [5.74, 6) is 0.211. The number of aliphatic hydroxyl groups is 1. The Labute approximate surface area is 99.2 Å². The molecule has 1 aromatic rings. The van der Waals surface area contributed by atoms with Gasteiger partial charge in [-0.2, -0.15) is 0 Å². The summed E-state index contributed by atoms with van der Waals surface area (Å²) in [7, 11) is 0. The molecule has 0 radical (unpaired) electrons. The van der Waals surface area contributed by atoms with Crippen LogP contribution in [0.25, 0.3) is 0 Å². The van der Waals surface area contributed by atoms with Crippen LogP contribution in [0.4, 0.5) is 5.82 Å². The summed E-state index contributed by atoms with van der Waals surface area (Å²) in [5.41, 5.74) is 0.204. The Morgan fingerprint density at radius 1 is 1.59 bits per heavy atom. The zero-order valence-corrected chi connectivity index (χ0v) is 9.67. The first-order valence-electron chi connectivity index (χ1n) is 5.64. The smallest absolute Gasteiger partial charge is 0.358 e. The molecule has 2 heterocycles. The van der Waals surface area contributed by atoms with Crippen molar-refractivity contribution in [3.8, 4) is 0 Å². The number of β-amino-alcohol motifs (C(OH)–C–C–N with tert-alkyl or cyclic N) is 1. The Balaban J connectivity index is 2.05. The molecule has 1 saturated heterocycles. The molecule has 0 saturated carbocycles. The molecule has 2 rings (SSSR count). The van der Waals surface area contributed by atoms with Crippen molar-refractivity contribution in [1.29, 1.82) is 0 Å². The molecule has 6 nitrogen and oxygen atoms in total. The number of hydrogen-bond donors (Lipinski definition) is 1. The number of esters is 1. The summed E-state index contributed by atoms with van der Waals surface area (Å²) in [6, 6.07) is 3.31. The Morgan fingerprint density at radius 2 is 2.41 bits per heavy atom. The molecule has 1 fully saturated rings. The molecule has 0 aliphatic carbocycles. The Hall–Kier alpha value is -1.69. The molecular formula is C11H15N3O3. The fourth-order valence-electron chi connectivity index (χ4n) is 1.76. The van der Waals surface area contributed by atoms with Gasteiger partial charge in [0.05, 0.1) is 12.7 Å². The number of aromatic nitrogens is 2. The van der Waals surface area contributed by atoms with Gasteiger partial charge in [-0.1, -0.05) is 0 Å². The van der Waals surface area contributed by atoms with Crippen LogP contribution in [0.1, 0.15) is 23.8 Å². The van der Waals surface area contributed by atoms with Crippen molar-refractivity contribution in [3.63, 3.8) is 0 Å². The lowest BCUT2D eigenvalue weighted by molar-refractivity contribution is 0.0518. The van der Waals surface area contributed by atoms with Crippen molar-refractivity contribution in [1.82, 2.24) is 10.2 Å². The normalized spacial score (nSPS) is 19.4. The zero-order valence-electron chi connectivity index (χ0n) is 9.67. The second-order valence-corrected chi connectivity index (χ2v) is 3.89. The van der Waals surface area contributed by atoms with Gasteiger partial charge in [0.15, 0.2) is 11.5 Å². The molecule has 0 bridgehead atoms. The number of carbonyl (C=O) groups is 1. The lowest BCUT2D eigenvalue weighted by Gasteiger charge is -2.15. The minimum atomic E-state index is -0.465. The van der Waals surface area contributed by atoms with Gasteiger partial charge in [0.2, 0.25) is 0 Å². The third kappa shape index (κ3) is 2.71. The maximum atomic E-state index is 11.4. The van der Waals surface area contributed by atoms with Gasteiger partial charge in [-0.15, -0.1) is 10.2 Å². The van der Waals surface area contributed by atoms with Gasteiger partial charge in [-0.05, 0) is 25.5 Å². The van der Waals surface area contributed by atoms with E-state index < -0.39 is 5.97 Å². The molecule has 17 heavy (non-hydrogen) atoms. The highest BCUT2D eigenvalue weighted by Crippen LogP contribution is 2.17. The standard InChI is InChI=1S/C11H15N3O3/c1-2-17-11(16)9-3-4-10(13-12-9)14-6-5-8(15)7-14/h3-4,8,15H,2,5-7H2,1H3/t8-/m1/s1. The van der Waals surface area contributed by atoms with Gasteiger partial charge >= 0.3 is 5.97 Å². The lowest BCUT2D eigenvalue weighted by Crippen LogP contribution is -2.23. The third-order valence-corrected chi connectivity index (χ3v) is 2.62. The quantitative estimate of drug-likeness (QED) is 0.758. The minimum absolute atomic E-state index is 0.204. The third-order valence-electron chi connectivity index (χ3n) is 2.62. The van der Waals surface area contributed by atoms with Crippen LogP contribution in [-0.4, -0.2) is 47.1 Å². The molecular weight excluding hydrogens is 222 g/mol. The van der Waals surface area contributed by atoms with E-state index in [-0.39, 0.29) is 11.8 Å². The average Bonchev–Trinajstić information content (AvgIpc) is 2.76. The van der Waals surface area contributed by atoms with Crippen LogP contribution in [-0.2, 0) is 4.74 Å². The summed E-state index contributed by atoms with van der Waals surface area (Å²) < 4.78 is 4.82. The molecule has 0 unspecified atom stereocenters. The van der Waals surface area contributed by atoms with Crippen molar-refractivity contribution < 1.29 is 14.6 Å². The molecule has 1 N–H and O–H groups in total. The highest BCUT2D eigenvalue weighted by atomic mass is 16.5. The van der Waals surface area contributed by atoms with Crippen LogP contribution < -0.4 is 4.90 Å². The van der Waals surface area contributed by atoms with Crippen molar-refractivity contribution >= 4 is 11.8 Å². The van der Waals surface area contributed by atoms with E-state index in [0.29, 0.717) is 19.0 Å². The first-order valence-corrected chi connectivity index (χ1v) is 5.64. The fraction of sp³-hybridized carbons (Fsp3) is 0.545. The number of aliphatic hydroxyl groups excluding tert-OH is 1. The van der Waals surface area contributed by atoms with Gasteiger partial charge in [0.25, 0.3) is 0 Å². The second kappa shape index (κ2) is 5.09. The number of rotatable bonds is 3. The molecule has 6 heteroatoms. The molecule has 1 aliphatic rings. The van der Waals surface area contributed by atoms with Crippen LogP contribution in [0.2, 0.25) is 0 Å². The first-order chi connectivity index (χ1) is 8.20. The van der Waals surface area contributed by atoms with Gasteiger partial charge in [-0.25, -0.2) is 4.79 Å². The molecule has 1 aliphatic heterocycles. The van der Waals surface area contributed by atoms with E-state index >= 15 is 0 Å². The van der Waals surface area contributed by atoms with Crippen LogP contribution in [0, 0.1) is 0 Å². The predicted octanol–water partition coefficient (Wildman–Crippen LogP) is 0.224. The summed E-state index contributed by atoms with van der Waals surface area (Å²) in [6.07, 6.45) is 0.433. The maximum Gasteiger partial charge on any atom is 0.358 e. The minimum Gasteiger partial charge on any atom is -0.461 e. The molecule has 0 amide bonds. The second-order valence-electron chi connectivity index (χ2n) is 3.89. The van der Waals surface area contributed by atoms with Crippen LogP contribution in [0.15, 0.2) is 12.1 Å². The monoisotopic (exact) mass is 237 g/mol. The Bertz CT molecular complexity index is 393. The summed E-state index contributed by atoms with van der Waals surface area (Å²) in [6.45, 7) is 3.38. The van der Waals surface area contributed by atoms with E-state index in [1.54, 1.807) is 19.1 Å². The molecule has 0 aromatic carbocycles. The van der Waals surface area contributed by atoms with E-state index in [1.807, 2.05) is 4.90 Å². The van der Waals surface area contributed by atoms with E-state index in [4.69, 9.17) is 4.74 Å². The Morgan fingerprint density at radius 3 is 2.94 bits per heavy atom. The SMILES string of the molecule is CCOC(=O)c1ccc(N2CC[C@@H](O)C2)nn1. The largest absolute Gasteiger partial charge is 0.461 e. The van der Waals surface area contributed by atoms with E-state index in [2.05, 4.69) is 10.2 Å². The Kier molecular flexibility index (Phi) is 3.53. The predicted molar refractivity (Wildman–Crippen MR) is 60.8 cm³/mol. The van der Waals surface area contributed by atoms with Crippen LogP contribution >= 0.6 is 0 Å². The van der Waals surface area contributed by atoms with E-state index in [9.17, 15) is 9.90 Å². The number of hydrogen-bond acceptors (Lipinski definition) is 6. The fourth-order valence-corrected chi connectivity index (χ4v) is 1.76.